The van der Waals surface area contributed by atoms with Crippen molar-refractivity contribution in [1.29, 1.82) is 0 Å². The third-order valence-electron chi connectivity index (χ3n) is 6.96. The van der Waals surface area contributed by atoms with Crippen LogP contribution < -0.4 is 14.3 Å². The number of anilines is 1. The zero-order valence-corrected chi connectivity index (χ0v) is 23.8. The zero-order valence-electron chi connectivity index (χ0n) is 23.0. The number of para-hydroxylation sites is 1. The molecule has 0 saturated carbocycles. The Morgan fingerprint density at radius 3 is 2.45 bits per heavy atom. The molecule has 216 valence electrons. The third kappa shape index (κ3) is 4.74. The Kier molecular flexibility index (Phi) is 6.68. The number of benzene rings is 1. The number of fused-ring (bicyclic) bond motifs is 1. The van der Waals surface area contributed by atoms with Gasteiger partial charge in [-0.05, 0) is 24.0 Å². The Bertz CT molecular complexity index is 1920. The monoisotopic (exact) mass is 591 g/mol. The summed E-state index contributed by atoms with van der Waals surface area (Å²) >= 11 is 0. The number of aromatic amines is 2. The number of Topliss-reactive ketones (excluding diaryl/α,β-unsaturated/α-hetero) is 1. The van der Waals surface area contributed by atoms with Crippen LogP contribution in [-0.4, -0.2) is 99.4 Å². The maximum Gasteiger partial charge on any atom is 0.420 e. The first-order valence-electron chi connectivity index (χ1n) is 12.9. The minimum absolute atomic E-state index is 0.154. The predicted octanol–water partition coefficient (Wildman–Crippen LogP) is 0.395. The molecule has 1 aliphatic rings. The van der Waals surface area contributed by atoms with Crippen molar-refractivity contribution >= 4 is 38.4 Å². The van der Waals surface area contributed by atoms with Crippen LogP contribution in [0.1, 0.15) is 16.2 Å². The smallest absolute Gasteiger partial charge is 0.420 e. The number of nitrogens with zero attached hydrogens (tertiary/aromatic N) is 8. The summed E-state index contributed by atoms with van der Waals surface area (Å²) in [6, 6.07) is 9.18. The first-order valence-corrected chi connectivity index (χ1v) is 14.8. The number of ether oxygens (including phenoxy) is 1. The van der Waals surface area contributed by atoms with Crippen molar-refractivity contribution in [2.45, 2.75) is 12.1 Å². The molecule has 6 rings (SSSR count). The molecule has 4 aromatic heterocycles. The van der Waals surface area contributed by atoms with Crippen LogP contribution in [0.25, 0.3) is 22.4 Å². The van der Waals surface area contributed by atoms with Crippen LogP contribution >= 0.6 is 0 Å². The molecule has 1 saturated heterocycles. The summed E-state index contributed by atoms with van der Waals surface area (Å²) in [5.74, 6) is 0.323. The molecular formula is C26H27N10O5S+. The predicted molar refractivity (Wildman–Crippen MR) is 149 cm³/mol. The van der Waals surface area contributed by atoms with Gasteiger partial charge < -0.3 is 14.6 Å². The molecule has 0 bridgehead atoms. The number of pyridine rings is 1. The van der Waals surface area contributed by atoms with Gasteiger partial charge in [-0.1, -0.05) is 18.2 Å². The molecule has 1 fully saturated rings. The summed E-state index contributed by atoms with van der Waals surface area (Å²) < 4.78 is 33.0. The zero-order chi connectivity index (χ0) is 29.6. The molecule has 42 heavy (non-hydrogen) atoms. The number of hydrogen-bond acceptors (Lipinski definition) is 10. The topological polar surface area (TPSA) is 176 Å². The van der Waals surface area contributed by atoms with Gasteiger partial charge in [0, 0.05) is 12.5 Å². The first kappa shape index (κ1) is 27.1. The lowest BCUT2D eigenvalue weighted by atomic mass is 10.1. The molecule has 16 heteroatoms. The van der Waals surface area contributed by atoms with E-state index in [0.717, 1.165) is 6.26 Å². The number of carbonyl (C=O) groups is 2. The Balaban J connectivity index is 1.25. The lowest BCUT2D eigenvalue weighted by molar-refractivity contribution is -0.646. The van der Waals surface area contributed by atoms with Gasteiger partial charge in [-0.3, -0.25) is 14.5 Å². The number of aromatic nitrogens is 8. The number of ketones is 1. The lowest BCUT2D eigenvalue weighted by Gasteiger charge is -2.30. The minimum atomic E-state index is -3.61. The Morgan fingerprint density at radius 2 is 1.81 bits per heavy atom. The Hall–Kier alpha value is -5.12. The number of aryl methyl sites for hydroxylation is 1. The fourth-order valence-corrected chi connectivity index (χ4v) is 5.38. The fourth-order valence-electron chi connectivity index (χ4n) is 4.87. The summed E-state index contributed by atoms with van der Waals surface area (Å²) in [6.07, 6.45) is 5.53. The highest BCUT2D eigenvalue weighted by Crippen LogP contribution is 2.32. The number of methoxy groups -OCH3 is 1. The van der Waals surface area contributed by atoms with Crippen molar-refractivity contribution in [1.82, 2.24) is 39.7 Å². The van der Waals surface area contributed by atoms with Crippen molar-refractivity contribution < 1.29 is 27.4 Å². The second-order valence-corrected chi connectivity index (χ2v) is 11.7. The van der Waals surface area contributed by atoms with Gasteiger partial charge in [-0.2, -0.15) is 5.10 Å². The number of nitrogens with one attached hydrogen (secondary N) is 2. The van der Waals surface area contributed by atoms with Crippen LogP contribution in [-0.2, 0) is 14.6 Å². The summed E-state index contributed by atoms with van der Waals surface area (Å²) in [6.45, 7) is 2.86. The number of carbonyl (C=O) groups excluding carboxylic acids is 2. The average molecular weight is 592 g/mol. The average Bonchev–Trinajstić information content (AvgIpc) is 3.75. The van der Waals surface area contributed by atoms with Gasteiger partial charge in [-0.15, -0.1) is 4.68 Å². The van der Waals surface area contributed by atoms with Gasteiger partial charge in [0.2, 0.25) is 9.84 Å². The van der Waals surface area contributed by atoms with E-state index in [1.807, 2.05) is 35.2 Å². The molecule has 5 aromatic rings. The molecule has 5 heterocycles. The minimum Gasteiger partial charge on any atom is -0.494 e. The summed E-state index contributed by atoms with van der Waals surface area (Å²) in [7, 11) is -2.14. The molecule has 0 unspecified atom stereocenters. The summed E-state index contributed by atoms with van der Waals surface area (Å²) in [5, 5.41) is 7.41. The second kappa shape index (κ2) is 10.4. The molecule has 0 aliphatic carbocycles. The van der Waals surface area contributed by atoms with E-state index in [9.17, 15) is 18.0 Å². The van der Waals surface area contributed by atoms with Gasteiger partial charge in [0.05, 0.1) is 56.0 Å². The maximum absolute atomic E-state index is 13.5. The van der Waals surface area contributed by atoms with Gasteiger partial charge in [-0.25, -0.2) is 28.2 Å². The molecule has 1 amide bonds. The molecule has 2 N–H and O–H groups in total. The normalized spacial score (nSPS) is 14.0. The maximum atomic E-state index is 13.5. The number of hydrogen-bond donors (Lipinski definition) is 2. The SMILES string of the molecule is COc1cnc(-n2cnc(C)n2)c2[nH]cc(C(=O)C(=O)N3CCN(c4nc(S(C)(=O)=O)[nH][n+]4-c4ccccc4)CC3)c12. The molecule has 0 spiro atoms. The van der Waals surface area contributed by atoms with E-state index in [4.69, 9.17) is 4.74 Å². The standard InChI is InChI=1S/C26H26N10O5S/c1-16-29-15-35(31-16)23-21-20(19(41-2)14-28-23)18(13-27-21)22(37)24(38)33-9-11-34(12-10-33)26-30-25(42(3,39)40)32-36(26)17-7-5-4-6-8-17/h4-8,13-15H,9-12H2,1-3H3,(H,27,28,37)/p+1. The Morgan fingerprint density at radius 1 is 1.07 bits per heavy atom. The van der Waals surface area contributed by atoms with Crippen molar-refractivity contribution in [3.05, 3.63) is 60.4 Å². The third-order valence-corrected chi connectivity index (χ3v) is 7.85. The highest BCUT2D eigenvalue weighted by atomic mass is 32.2. The molecule has 1 aromatic carbocycles. The van der Waals surface area contributed by atoms with E-state index in [2.05, 4.69) is 30.1 Å². The fraction of sp³-hybridized carbons (Fsp3) is 0.269. The summed E-state index contributed by atoms with van der Waals surface area (Å²) in [4.78, 5) is 46.2. The highest BCUT2D eigenvalue weighted by Gasteiger charge is 2.36. The van der Waals surface area contributed by atoms with Gasteiger partial charge in [0.15, 0.2) is 5.82 Å². The van der Waals surface area contributed by atoms with E-state index in [1.165, 1.54) is 35.4 Å². The number of amides is 1. The molecule has 0 radical (unpaired) electrons. The molecule has 0 atom stereocenters. The van der Waals surface area contributed by atoms with E-state index < -0.39 is 21.5 Å². The van der Waals surface area contributed by atoms with Crippen molar-refractivity contribution in [3.63, 3.8) is 0 Å². The summed E-state index contributed by atoms with van der Waals surface area (Å²) in [5.41, 5.74) is 1.33. The Labute approximate surface area is 239 Å². The van der Waals surface area contributed by atoms with Crippen LogP contribution in [0.2, 0.25) is 0 Å². The highest BCUT2D eigenvalue weighted by molar-refractivity contribution is 7.90. The quantitative estimate of drug-likeness (QED) is 0.153. The molecule has 15 nitrogen and oxygen atoms in total. The number of piperazine rings is 1. The largest absolute Gasteiger partial charge is 0.494 e. The van der Waals surface area contributed by atoms with E-state index in [1.54, 1.807) is 11.6 Å². The van der Waals surface area contributed by atoms with Crippen molar-refractivity contribution in [2.75, 3.05) is 44.4 Å². The van der Waals surface area contributed by atoms with Crippen LogP contribution in [0.4, 0.5) is 5.95 Å². The number of rotatable bonds is 7. The molecule has 1 aliphatic heterocycles. The van der Waals surface area contributed by atoms with E-state index >= 15 is 0 Å². The number of H-pyrrole nitrogens is 2. The lowest BCUT2D eigenvalue weighted by Crippen LogP contribution is -2.53. The van der Waals surface area contributed by atoms with Gasteiger partial charge in [0.25, 0.3) is 11.7 Å². The van der Waals surface area contributed by atoms with E-state index in [0.29, 0.717) is 53.0 Å². The van der Waals surface area contributed by atoms with Crippen molar-refractivity contribution in [3.8, 4) is 17.3 Å². The van der Waals surface area contributed by atoms with Crippen molar-refractivity contribution in [2.24, 2.45) is 0 Å². The van der Waals surface area contributed by atoms with Crippen LogP contribution in [0.15, 0.2) is 54.2 Å². The number of sulfone groups is 1. The van der Waals surface area contributed by atoms with Gasteiger partial charge in [0.1, 0.15) is 23.6 Å². The van der Waals surface area contributed by atoms with E-state index in [-0.39, 0.29) is 23.8 Å². The molecular weight excluding hydrogens is 564 g/mol. The van der Waals surface area contributed by atoms with Crippen LogP contribution in [0.3, 0.4) is 0 Å². The first-order chi connectivity index (χ1) is 20.2. The second-order valence-electron chi connectivity index (χ2n) is 9.72. The van der Waals surface area contributed by atoms with Gasteiger partial charge >= 0.3 is 11.1 Å². The van der Waals surface area contributed by atoms with Crippen LogP contribution in [0.5, 0.6) is 5.75 Å². The van der Waals surface area contributed by atoms with Crippen LogP contribution in [0, 0.1) is 6.92 Å².